The lowest BCUT2D eigenvalue weighted by Crippen LogP contribution is -2.32. The summed E-state index contributed by atoms with van der Waals surface area (Å²) in [5.74, 6) is 0.910. The number of amides is 1. The average Bonchev–Trinajstić information content (AvgIpc) is 2.42. The van der Waals surface area contributed by atoms with Gasteiger partial charge in [0.15, 0.2) is 11.5 Å². The van der Waals surface area contributed by atoms with Crippen LogP contribution in [-0.2, 0) is 0 Å². The zero-order valence-corrected chi connectivity index (χ0v) is 11.8. The largest absolute Gasteiger partial charge is 0.493 e. The normalized spacial score (nSPS) is 9.63. The summed E-state index contributed by atoms with van der Waals surface area (Å²) in [7, 11) is 4.45. The van der Waals surface area contributed by atoms with E-state index in [0.717, 1.165) is 0 Å². The predicted molar refractivity (Wildman–Crippen MR) is 75.2 cm³/mol. The van der Waals surface area contributed by atoms with Gasteiger partial charge in [-0.2, -0.15) is 0 Å². The summed E-state index contributed by atoms with van der Waals surface area (Å²) in [6.07, 6.45) is 0. The SMILES string of the molecule is COc1cc(C(=O)NCC(N)=S)cc(OC)c1OC. The van der Waals surface area contributed by atoms with Gasteiger partial charge in [-0.25, -0.2) is 0 Å². The Hall–Kier alpha value is -2.02. The Morgan fingerprint density at radius 3 is 2.11 bits per heavy atom. The summed E-state index contributed by atoms with van der Waals surface area (Å²) in [6, 6.07) is 3.10. The maximum Gasteiger partial charge on any atom is 0.251 e. The number of nitrogens with two attached hydrogens (primary N) is 1. The van der Waals surface area contributed by atoms with E-state index in [0.29, 0.717) is 22.8 Å². The highest BCUT2D eigenvalue weighted by molar-refractivity contribution is 7.80. The number of nitrogens with one attached hydrogen (secondary N) is 1. The van der Waals surface area contributed by atoms with Gasteiger partial charge < -0.3 is 25.3 Å². The molecule has 0 fully saturated rings. The molecule has 3 N–H and O–H groups in total. The van der Waals surface area contributed by atoms with Crippen molar-refractivity contribution in [1.82, 2.24) is 5.32 Å². The van der Waals surface area contributed by atoms with Gasteiger partial charge in [0, 0.05) is 5.56 Å². The highest BCUT2D eigenvalue weighted by atomic mass is 32.1. The third kappa shape index (κ3) is 3.72. The highest BCUT2D eigenvalue weighted by Gasteiger charge is 2.16. The first kappa shape index (κ1) is 15.0. The summed E-state index contributed by atoms with van der Waals surface area (Å²) < 4.78 is 15.5. The molecule has 0 aliphatic rings. The Kier molecular flexibility index (Phi) is 5.37. The van der Waals surface area contributed by atoms with E-state index in [1.807, 2.05) is 0 Å². The van der Waals surface area contributed by atoms with Crippen LogP contribution < -0.4 is 25.3 Å². The van der Waals surface area contributed by atoms with Crippen molar-refractivity contribution in [3.63, 3.8) is 0 Å². The summed E-state index contributed by atoms with van der Waals surface area (Å²) >= 11 is 4.69. The molecule has 0 unspecified atom stereocenters. The van der Waals surface area contributed by atoms with Gasteiger partial charge in [0.25, 0.3) is 5.91 Å². The van der Waals surface area contributed by atoms with Gasteiger partial charge in [0.05, 0.1) is 32.9 Å². The van der Waals surface area contributed by atoms with E-state index in [4.69, 9.17) is 32.2 Å². The molecule has 0 aliphatic heterocycles. The molecule has 0 aromatic heterocycles. The van der Waals surface area contributed by atoms with E-state index < -0.39 is 0 Å². The highest BCUT2D eigenvalue weighted by Crippen LogP contribution is 2.38. The van der Waals surface area contributed by atoms with Crippen LogP contribution in [0.4, 0.5) is 0 Å². The minimum absolute atomic E-state index is 0.130. The first-order chi connectivity index (χ1) is 9.03. The molecule has 1 aromatic rings. The van der Waals surface area contributed by atoms with Crippen molar-refractivity contribution in [2.75, 3.05) is 27.9 Å². The molecule has 0 atom stereocenters. The fourth-order valence-corrected chi connectivity index (χ4v) is 1.55. The van der Waals surface area contributed by atoms with Gasteiger partial charge >= 0.3 is 0 Å². The van der Waals surface area contributed by atoms with Gasteiger partial charge in [-0.15, -0.1) is 0 Å². The van der Waals surface area contributed by atoms with Gasteiger partial charge in [-0.05, 0) is 12.1 Å². The molecule has 0 heterocycles. The zero-order chi connectivity index (χ0) is 14.4. The van der Waals surface area contributed by atoms with Crippen molar-refractivity contribution in [2.24, 2.45) is 5.73 Å². The molecule has 0 spiro atoms. The molecule has 7 heteroatoms. The first-order valence-corrected chi connectivity index (χ1v) is 5.80. The standard InChI is InChI=1S/C12H16N2O4S/c1-16-8-4-7(12(15)14-6-10(13)19)5-9(17-2)11(8)18-3/h4-5H,6H2,1-3H3,(H2,13,19)(H,14,15). The van der Waals surface area contributed by atoms with Gasteiger partial charge in [-0.3, -0.25) is 4.79 Å². The Balaban J connectivity index is 3.08. The molecule has 104 valence electrons. The molecule has 0 saturated carbocycles. The molecule has 0 aliphatic carbocycles. The summed E-state index contributed by atoms with van der Waals surface area (Å²) in [5, 5.41) is 2.58. The lowest BCUT2D eigenvalue weighted by molar-refractivity contribution is 0.0958. The van der Waals surface area contributed by atoms with Crippen molar-refractivity contribution in [2.45, 2.75) is 0 Å². The van der Waals surface area contributed by atoms with Crippen molar-refractivity contribution < 1.29 is 19.0 Å². The zero-order valence-electron chi connectivity index (χ0n) is 11.0. The molecule has 1 aromatic carbocycles. The number of benzene rings is 1. The van der Waals surface area contributed by atoms with Crippen LogP contribution in [0, 0.1) is 0 Å². The van der Waals surface area contributed by atoms with Crippen LogP contribution in [0.25, 0.3) is 0 Å². The Morgan fingerprint density at radius 2 is 1.74 bits per heavy atom. The van der Waals surface area contributed by atoms with Crippen molar-refractivity contribution in [1.29, 1.82) is 0 Å². The van der Waals surface area contributed by atoms with Crippen LogP contribution in [0.15, 0.2) is 12.1 Å². The molecule has 1 rings (SSSR count). The number of hydrogen-bond acceptors (Lipinski definition) is 5. The number of methoxy groups -OCH3 is 3. The van der Waals surface area contributed by atoms with Gasteiger partial charge in [0.2, 0.25) is 5.75 Å². The second-order valence-corrected chi connectivity index (χ2v) is 4.09. The van der Waals surface area contributed by atoms with E-state index in [1.54, 1.807) is 12.1 Å². The molecule has 0 radical (unpaired) electrons. The quantitative estimate of drug-likeness (QED) is 0.749. The van der Waals surface area contributed by atoms with E-state index in [1.165, 1.54) is 21.3 Å². The second kappa shape index (κ2) is 6.79. The number of thiocarbonyl (C=S) groups is 1. The molecular formula is C12H16N2O4S. The number of rotatable bonds is 6. The third-order valence-corrected chi connectivity index (χ3v) is 2.49. The van der Waals surface area contributed by atoms with E-state index >= 15 is 0 Å². The van der Waals surface area contributed by atoms with Crippen LogP contribution >= 0.6 is 12.2 Å². The monoisotopic (exact) mass is 284 g/mol. The van der Waals surface area contributed by atoms with Gasteiger partial charge in [-0.1, -0.05) is 12.2 Å². The molecule has 19 heavy (non-hydrogen) atoms. The van der Waals surface area contributed by atoms with Crippen LogP contribution in [0.1, 0.15) is 10.4 Å². The molecule has 1 amide bonds. The van der Waals surface area contributed by atoms with Gasteiger partial charge in [0.1, 0.15) is 0 Å². The summed E-state index contributed by atoms with van der Waals surface area (Å²) in [6.45, 7) is 0.130. The number of ether oxygens (including phenoxy) is 3. The van der Waals surface area contributed by atoms with E-state index in [9.17, 15) is 4.79 Å². The minimum Gasteiger partial charge on any atom is -0.493 e. The smallest absolute Gasteiger partial charge is 0.251 e. The van der Waals surface area contributed by atoms with E-state index in [2.05, 4.69) is 5.32 Å². The number of carbonyl (C=O) groups is 1. The minimum atomic E-state index is -0.327. The maximum absolute atomic E-state index is 11.9. The van der Waals surface area contributed by atoms with Crippen molar-refractivity contribution in [3.8, 4) is 17.2 Å². The second-order valence-electron chi connectivity index (χ2n) is 3.56. The average molecular weight is 284 g/mol. The Morgan fingerprint density at radius 1 is 1.21 bits per heavy atom. The van der Waals surface area contributed by atoms with Crippen molar-refractivity contribution >= 4 is 23.1 Å². The topological polar surface area (TPSA) is 82.8 Å². The lowest BCUT2D eigenvalue weighted by atomic mass is 10.1. The Bertz CT molecular complexity index is 466. The number of carbonyl (C=O) groups excluding carboxylic acids is 1. The van der Waals surface area contributed by atoms with Crippen LogP contribution in [0.3, 0.4) is 0 Å². The summed E-state index contributed by atoms with van der Waals surface area (Å²) in [4.78, 5) is 12.1. The molecule has 0 saturated heterocycles. The Labute approximate surface area is 116 Å². The van der Waals surface area contributed by atoms with E-state index in [-0.39, 0.29) is 17.4 Å². The fraction of sp³-hybridized carbons (Fsp3) is 0.333. The first-order valence-electron chi connectivity index (χ1n) is 5.40. The summed E-state index contributed by atoms with van der Waals surface area (Å²) in [5.41, 5.74) is 5.69. The fourth-order valence-electron chi connectivity index (χ4n) is 1.48. The van der Waals surface area contributed by atoms with Crippen molar-refractivity contribution in [3.05, 3.63) is 17.7 Å². The predicted octanol–water partition coefficient (Wildman–Crippen LogP) is 0.728. The van der Waals surface area contributed by atoms with Crippen LogP contribution in [-0.4, -0.2) is 38.8 Å². The molecular weight excluding hydrogens is 268 g/mol. The molecule has 0 bridgehead atoms. The third-order valence-electron chi connectivity index (χ3n) is 2.35. The van der Waals surface area contributed by atoms with Crippen LogP contribution in [0.2, 0.25) is 0 Å². The number of hydrogen-bond donors (Lipinski definition) is 2. The lowest BCUT2D eigenvalue weighted by Gasteiger charge is -2.14. The molecule has 6 nitrogen and oxygen atoms in total. The maximum atomic E-state index is 11.9. The van der Waals surface area contributed by atoms with Crippen LogP contribution in [0.5, 0.6) is 17.2 Å².